The molecule has 0 aliphatic rings. The van der Waals surface area contributed by atoms with Crippen LogP contribution in [0.15, 0.2) is 40.6 Å². The third kappa shape index (κ3) is 3.95. The maximum Gasteiger partial charge on any atom is 0.231 e. The van der Waals surface area contributed by atoms with Crippen LogP contribution in [0.3, 0.4) is 0 Å². The predicted molar refractivity (Wildman–Crippen MR) is 61.2 cm³/mol. The molecule has 0 heterocycles. The van der Waals surface area contributed by atoms with E-state index in [4.69, 9.17) is 12.2 Å². The average molecular weight is 208 g/mol. The molecular weight excluding hydrogens is 196 g/mol. The van der Waals surface area contributed by atoms with Crippen LogP contribution in [0.1, 0.15) is 6.92 Å². The molecular formula is C9H12N4S. The highest BCUT2D eigenvalue weighted by Crippen LogP contribution is 2.02. The minimum Gasteiger partial charge on any atom is -0.299 e. The number of para-hydroxylation sites is 1. The zero-order valence-corrected chi connectivity index (χ0v) is 8.71. The number of hydrazine groups is 1. The molecule has 1 aromatic carbocycles. The number of thiocarbonyl (C=S) groups is 1. The topological polar surface area (TPSA) is 48.8 Å². The zero-order chi connectivity index (χ0) is 10.2. The summed E-state index contributed by atoms with van der Waals surface area (Å²) in [5.41, 5.74) is 6.60. The van der Waals surface area contributed by atoms with Gasteiger partial charge in [0.1, 0.15) is 0 Å². The molecule has 0 unspecified atom stereocenters. The first-order valence-electron chi connectivity index (χ1n) is 4.31. The van der Waals surface area contributed by atoms with Crippen molar-refractivity contribution in [2.75, 3.05) is 12.0 Å². The molecule has 14 heavy (non-hydrogen) atoms. The summed E-state index contributed by atoms with van der Waals surface area (Å²) in [4.78, 5) is 0. The second kappa shape index (κ2) is 6.04. The molecule has 0 bridgehead atoms. The summed E-state index contributed by atoms with van der Waals surface area (Å²) < 4.78 is 0. The van der Waals surface area contributed by atoms with Gasteiger partial charge in [-0.15, -0.1) is 5.11 Å². The lowest BCUT2D eigenvalue weighted by Crippen LogP contribution is -2.25. The molecule has 0 saturated heterocycles. The summed E-state index contributed by atoms with van der Waals surface area (Å²) >= 11 is 4.88. The Bertz CT molecular complexity index is 310. The third-order valence-corrected chi connectivity index (χ3v) is 1.57. The Morgan fingerprint density at radius 1 is 1.36 bits per heavy atom. The van der Waals surface area contributed by atoms with Crippen molar-refractivity contribution in [3.8, 4) is 0 Å². The Hall–Kier alpha value is -1.49. The molecule has 4 nitrogen and oxygen atoms in total. The number of nitrogens with zero attached hydrogens (tertiary/aromatic N) is 2. The number of anilines is 1. The Labute approximate surface area is 88.4 Å². The fourth-order valence-corrected chi connectivity index (χ4v) is 0.916. The van der Waals surface area contributed by atoms with Gasteiger partial charge in [0.2, 0.25) is 5.11 Å². The van der Waals surface area contributed by atoms with Crippen LogP contribution in [0.2, 0.25) is 0 Å². The third-order valence-electron chi connectivity index (χ3n) is 1.39. The van der Waals surface area contributed by atoms with Gasteiger partial charge < -0.3 is 0 Å². The quantitative estimate of drug-likeness (QED) is 0.455. The van der Waals surface area contributed by atoms with Gasteiger partial charge in [-0.25, -0.2) is 0 Å². The van der Waals surface area contributed by atoms with E-state index in [0.717, 1.165) is 5.69 Å². The van der Waals surface area contributed by atoms with Crippen molar-refractivity contribution in [1.29, 1.82) is 0 Å². The van der Waals surface area contributed by atoms with Crippen LogP contribution in [-0.2, 0) is 0 Å². The van der Waals surface area contributed by atoms with E-state index < -0.39 is 0 Å². The molecule has 74 valence electrons. The second-order valence-corrected chi connectivity index (χ2v) is 2.87. The smallest absolute Gasteiger partial charge is 0.231 e. The Morgan fingerprint density at radius 2 is 2.07 bits per heavy atom. The van der Waals surface area contributed by atoms with Crippen LogP contribution in [0, 0.1) is 0 Å². The fraction of sp³-hybridized carbons (Fsp3) is 0.222. The Morgan fingerprint density at radius 3 is 2.71 bits per heavy atom. The molecule has 0 saturated carbocycles. The van der Waals surface area contributed by atoms with E-state index >= 15 is 0 Å². The van der Waals surface area contributed by atoms with E-state index in [1.807, 2.05) is 37.3 Å². The van der Waals surface area contributed by atoms with Gasteiger partial charge >= 0.3 is 0 Å². The van der Waals surface area contributed by atoms with Crippen LogP contribution in [0.4, 0.5) is 5.69 Å². The maximum atomic E-state index is 4.88. The Kier molecular flexibility index (Phi) is 4.57. The van der Waals surface area contributed by atoms with Crippen molar-refractivity contribution in [3.05, 3.63) is 30.3 Å². The van der Waals surface area contributed by atoms with Crippen molar-refractivity contribution in [2.45, 2.75) is 6.92 Å². The van der Waals surface area contributed by atoms with Crippen LogP contribution in [0.25, 0.3) is 0 Å². The van der Waals surface area contributed by atoms with Crippen LogP contribution >= 0.6 is 12.2 Å². The molecule has 1 rings (SSSR count). The highest BCUT2D eigenvalue weighted by atomic mass is 32.1. The maximum absolute atomic E-state index is 4.88. The summed E-state index contributed by atoms with van der Waals surface area (Å²) in [6, 6.07) is 9.65. The first-order chi connectivity index (χ1) is 6.83. The van der Waals surface area contributed by atoms with Gasteiger partial charge in [-0.3, -0.25) is 10.9 Å². The summed E-state index contributed by atoms with van der Waals surface area (Å²) in [7, 11) is 0. The molecule has 0 aliphatic carbocycles. The molecule has 0 aliphatic heterocycles. The average Bonchev–Trinajstić information content (AvgIpc) is 2.25. The molecule has 0 aromatic heterocycles. The van der Waals surface area contributed by atoms with Gasteiger partial charge in [0.25, 0.3) is 0 Å². The van der Waals surface area contributed by atoms with E-state index in [1.54, 1.807) is 0 Å². The van der Waals surface area contributed by atoms with E-state index in [9.17, 15) is 0 Å². The van der Waals surface area contributed by atoms with Gasteiger partial charge in [0.15, 0.2) is 0 Å². The summed E-state index contributed by atoms with van der Waals surface area (Å²) in [6.45, 7) is 2.53. The highest BCUT2D eigenvalue weighted by Gasteiger charge is 1.91. The summed E-state index contributed by atoms with van der Waals surface area (Å²) in [5.74, 6) is 0. The van der Waals surface area contributed by atoms with Crippen molar-refractivity contribution >= 4 is 23.0 Å². The molecule has 0 atom stereocenters. The van der Waals surface area contributed by atoms with Gasteiger partial charge in [0, 0.05) is 0 Å². The van der Waals surface area contributed by atoms with Crippen molar-refractivity contribution < 1.29 is 0 Å². The first-order valence-corrected chi connectivity index (χ1v) is 4.72. The summed E-state index contributed by atoms with van der Waals surface area (Å²) in [5, 5.41) is 7.84. The zero-order valence-electron chi connectivity index (χ0n) is 7.90. The lowest BCUT2D eigenvalue weighted by atomic mass is 10.3. The molecule has 0 spiro atoms. The lowest BCUT2D eigenvalue weighted by Gasteiger charge is -2.05. The normalized spacial score (nSPS) is 10.1. The van der Waals surface area contributed by atoms with Crippen LogP contribution in [0.5, 0.6) is 0 Å². The number of hydrogen-bond acceptors (Lipinski definition) is 3. The van der Waals surface area contributed by atoms with Crippen molar-refractivity contribution in [1.82, 2.24) is 5.43 Å². The minimum absolute atomic E-state index is 0.329. The molecule has 0 fully saturated rings. The number of nitrogens with one attached hydrogen (secondary N) is 2. The van der Waals surface area contributed by atoms with Crippen LogP contribution < -0.4 is 10.9 Å². The van der Waals surface area contributed by atoms with Crippen LogP contribution in [-0.4, -0.2) is 11.7 Å². The van der Waals surface area contributed by atoms with E-state index in [-0.39, 0.29) is 0 Å². The predicted octanol–water partition coefficient (Wildman–Crippen LogP) is 2.36. The largest absolute Gasteiger partial charge is 0.299 e. The molecule has 5 heteroatoms. The molecule has 0 amide bonds. The molecule has 1 aromatic rings. The van der Waals surface area contributed by atoms with E-state index in [1.165, 1.54) is 0 Å². The molecule has 2 N–H and O–H groups in total. The number of hydrogen-bond donors (Lipinski definition) is 2. The van der Waals surface area contributed by atoms with Gasteiger partial charge in [0.05, 0.1) is 12.2 Å². The second-order valence-electron chi connectivity index (χ2n) is 2.48. The monoisotopic (exact) mass is 208 g/mol. The Balaban J connectivity index is 2.34. The number of azo groups is 1. The first kappa shape index (κ1) is 10.6. The van der Waals surface area contributed by atoms with Gasteiger partial charge in [-0.1, -0.05) is 18.2 Å². The van der Waals surface area contributed by atoms with Gasteiger partial charge in [-0.2, -0.15) is 5.11 Å². The van der Waals surface area contributed by atoms with Crippen molar-refractivity contribution in [3.63, 3.8) is 0 Å². The standard InChI is InChI=1S/C9H12N4S/c1-2-10-12-9(14)13-11-8-6-4-3-5-7-8/h3-7,11H,2H2,1H3,(H,13,14). The van der Waals surface area contributed by atoms with E-state index in [0.29, 0.717) is 11.7 Å². The van der Waals surface area contributed by atoms with Gasteiger partial charge in [-0.05, 0) is 31.3 Å². The lowest BCUT2D eigenvalue weighted by molar-refractivity contribution is 0.995. The number of rotatable bonds is 3. The highest BCUT2D eigenvalue weighted by molar-refractivity contribution is 7.80. The summed E-state index contributed by atoms with van der Waals surface area (Å²) in [6.07, 6.45) is 0. The number of benzene rings is 1. The van der Waals surface area contributed by atoms with E-state index in [2.05, 4.69) is 21.1 Å². The fourth-order valence-electron chi connectivity index (χ4n) is 0.807. The minimum atomic E-state index is 0.329. The van der Waals surface area contributed by atoms with Crippen molar-refractivity contribution in [2.24, 2.45) is 10.2 Å². The molecule has 0 radical (unpaired) electrons. The SMILES string of the molecule is CCN=NC(=S)NNc1ccccc1.